The van der Waals surface area contributed by atoms with Gasteiger partial charge in [0.15, 0.2) is 0 Å². The van der Waals surface area contributed by atoms with Crippen LogP contribution in [0, 0.1) is 0 Å². The molecule has 0 heterocycles. The summed E-state index contributed by atoms with van der Waals surface area (Å²) >= 11 is 0. The average Bonchev–Trinajstić information content (AvgIpc) is 1.88. The van der Waals surface area contributed by atoms with Crippen molar-refractivity contribution >= 4 is 16.2 Å². The molecule has 0 aromatic heterocycles. The van der Waals surface area contributed by atoms with Crippen LogP contribution >= 0.6 is 0 Å². The van der Waals surface area contributed by atoms with E-state index in [1.54, 1.807) is 0 Å². The molecular weight excluding hydrogens is 144 g/mol. The Morgan fingerprint density at radius 1 is 1.70 bits per heavy atom. The first-order valence-corrected chi connectivity index (χ1v) is 4.51. The van der Waals surface area contributed by atoms with Crippen LogP contribution in [0.5, 0.6) is 0 Å². The van der Waals surface area contributed by atoms with Crippen LogP contribution in [0.2, 0.25) is 0 Å². The molecule has 0 unspecified atom stereocenters. The Bertz CT molecular complexity index is 132. The fourth-order valence-electron chi connectivity index (χ4n) is 0.432. The number of carbonyl (C=O) groups excluding carboxylic acids is 1. The van der Waals surface area contributed by atoms with E-state index >= 15 is 0 Å². The lowest BCUT2D eigenvalue weighted by molar-refractivity contribution is -0.138. The molecule has 0 atom stereocenters. The molecule has 0 fully saturated rings. The maximum Gasteiger partial charge on any atom is 0.328 e. The van der Waals surface area contributed by atoms with E-state index in [-0.39, 0.29) is 5.97 Å². The minimum atomic E-state index is -0.222. The largest absolute Gasteiger partial charge is 0.463 e. The van der Waals surface area contributed by atoms with E-state index in [0.29, 0.717) is 22.0 Å². The van der Waals surface area contributed by atoms with E-state index in [1.807, 2.05) is 0 Å². The molecule has 3 heteroatoms. The van der Waals surface area contributed by atoms with Crippen LogP contribution in [0.4, 0.5) is 0 Å². The van der Waals surface area contributed by atoms with Crippen molar-refractivity contribution in [3.05, 3.63) is 11.8 Å². The van der Waals surface area contributed by atoms with Gasteiger partial charge in [-0.1, -0.05) is 19.9 Å². The molecule has 0 aliphatic rings. The number of hydrogen-bond donors (Lipinski definition) is 0. The highest BCUT2D eigenvalue weighted by molar-refractivity contribution is 6.34. The summed E-state index contributed by atoms with van der Waals surface area (Å²) in [6, 6.07) is 0. The van der Waals surface area contributed by atoms with Gasteiger partial charge in [-0.15, -0.1) is 0 Å². The lowest BCUT2D eigenvalue weighted by Gasteiger charge is -2.01. The summed E-state index contributed by atoms with van der Waals surface area (Å²) < 4.78 is 4.84. The highest BCUT2D eigenvalue weighted by Gasteiger charge is 2.00. The van der Waals surface area contributed by atoms with Gasteiger partial charge in [0.1, 0.15) is 0 Å². The third-order valence-corrected chi connectivity index (χ3v) is 1.49. The smallest absolute Gasteiger partial charge is 0.328 e. The molecule has 0 aromatic rings. The van der Waals surface area contributed by atoms with Crippen molar-refractivity contribution in [3.8, 4) is 0 Å². The summed E-state index contributed by atoms with van der Waals surface area (Å²) in [5.41, 5.74) is 0. The van der Waals surface area contributed by atoms with E-state index in [1.165, 1.54) is 0 Å². The van der Waals surface area contributed by atoms with Crippen molar-refractivity contribution in [1.82, 2.24) is 0 Å². The highest BCUT2D eigenvalue weighted by atomic mass is 28.1. The molecule has 0 bridgehead atoms. The molecule has 0 rings (SSSR count). The summed E-state index contributed by atoms with van der Waals surface area (Å²) in [5, 5.41) is 0.608. The molecule has 0 radical (unpaired) electrons. The predicted molar refractivity (Wildman–Crippen MR) is 44.9 cm³/mol. The second kappa shape index (κ2) is 5.23. The quantitative estimate of drug-likeness (QED) is 0.253. The van der Waals surface area contributed by atoms with E-state index in [0.717, 1.165) is 12.8 Å². The molecule has 0 saturated carbocycles. The van der Waals surface area contributed by atoms with E-state index in [2.05, 4.69) is 13.5 Å². The number of hydrogen-bond acceptors (Lipinski definition) is 2. The van der Waals surface area contributed by atoms with Crippen LogP contribution in [-0.2, 0) is 9.53 Å². The molecule has 2 nitrogen and oxygen atoms in total. The van der Waals surface area contributed by atoms with Crippen molar-refractivity contribution in [3.63, 3.8) is 0 Å². The van der Waals surface area contributed by atoms with Gasteiger partial charge in [-0.25, -0.2) is 4.79 Å². The highest BCUT2D eigenvalue weighted by Crippen LogP contribution is 1.92. The maximum absolute atomic E-state index is 10.7. The molecule has 10 heavy (non-hydrogen) atoms. The van der Waals surface area contributed by atoms with Crippen molar-refractivity contribution < 1.29 is 9.53 Å². The van der Waals surface area contributed by atoms with Gasteiger partial charge >= 0.3 is 5.97 Å². The fraction of sp³-hybridized carbons (Fsp3) is 0.571. The topological polar surface area (TPSA) is 26.3 Å². The van der Waals surface area contributed by atoms with Crippen LogP contribution < -0.4 is 0 Å². The zero-order chi connectivity index (χ0) is 7.98. The fourth-order valence-corrected chi connectivity index (χ4v) is 0.577. The van der Waals surface area contributed by atoms with Crippen LogP contribution in [0.25, 0.3) is 0 Å². The van der Waals surface area contributed by atoms with Crippen molar-refractivity contribution in [2.45, 2.75) is 19.8 Å². The second-order valence-electron chi connectivity index (χ2n) is 2.27. The Morgan fingerprint density at radius 2 is 2.30 bits per heavy atom. The number of esters is 1. The maximum atomic E-state index is 10.7. The van der Waals surface area contributed by atoms with Crippen LogP contribution in [0.1, 0.15) is 19.8 Å². The molecule has 0 spiro atoms. The third kappa shape index (κ3) is 4.32. The van der Waals surface area contributed by atoms with Gasteiger partial charge in [0, 0.05) is 15.4 Å². The lowest BCUT2D eigenvalue weighted by Crippen LogP contribution is -2.07. The SMILES string of the molecule is C=C([SiH3])C(=O)OCCCC. The Kier molecular flexibility index (Phi) is 4.93. The predicted octanol–water partition coefficient (Wildman–Crippen LogP) is 0.209. The van der Waals surface area contributed by atoms with Crippen molar-refractivity contribution in [2.75, 3.05) is 6.61 Å². The zero-order valence-corrected chi connectivity index (χ0v) is 8.64. The Balaban J connectivity index is 3.31. The standard InChI is InChI=1S/C7H14O2Si/c1-3-4-5-9-7(8)6(2)10/h2-5H2,1,10H3. The molecule has 0 amide bonds. The summed E-state index contributed by atoms with van der Waals surface area (Å²) in [6.07, 6.45) is 2.00. The van der Waals surface area contributed by atoms with Crippen LogP contribution in [0.15, 0.2) is 11.8 Å². The van der Waals surface area contributed by atoms with E-state index < -0.39 is 0 Å². The molecule has 0 aliphatic heterocycles. The molecular formula is C7H14O2Si. The molecule has 0 N–H and O–H groups in total. The normalized spacial score (nSPS) is 9.30. The second-order valence-corrected chi connectivity index (χ2v) is 3.48. The molecule has 0 saturated heterocycles. The molecule has 0 aliphatic carbocycles. The van der Waals surface area contributed by atoms with Gasteiger partial charge in [0.05, 0.1) is 6.61 Å². The monoisotopic (exact) mass is 158 g/mol. The Morgan fingerprint density at radius 3 is 2.70 bits per heavy atom. The number of rotatable bonds is 4. The summed E-state index contributed by atoms with van der Waals surface area (Å²) in [7, 11) is 0.702. The Hall–Kier alpha value is -0.573. The summed E-state index contributed by atoms with van der Waals surface area (Å²) in [4.78, 5) is 10.7. The first kappa shape index (κ1) is 9.43. The van der Waals surface area contributed by atoms with Gasteiger partial charge < -0.3 is 4.74 Å². The van der Waals surface area contributed by atoms with Crippen molar-refractivity contribution in [2.24, 2.45) is 0 Å². The zero-order valence-electron chi connectivity index (χ0n) is 6.64. The van der Waals surface area contributed by atoms with Gasteiger partial charge in [0.25, 0.3) is 0 Å². The Labute approximate surface area is 64.7 Å². The average molecular weight is 158 g/mol. The summed E-state index contributed by atoms with van der Waals surface area (Å²) in [5.74, 6) is -0.222. The van der Waals surface area contributed by atoms with Gasteiger partial charge in [-0.3, -0.25) is 0 Å². The van der Waals surface area contributed by atoms with Crippen molar-refractivity contribution in [1.29, 1.82) is 0 Å². The van der Waals surface area contributed by atoms with E-state index in [4.69, 9.17) is 4.74 Å². The lowest BCUT2D eigenvalue weighted by atomic mass is 10.4. The van der Waals surface area contributed by atoms with Crippen LogP contribution in [-0.4, -0.2) is 22.8 Å². The number of carbonyl (C=O) groups is 1. The van der Waals surface area contributed by atoms with Gasteiger partial charge in [-0.05, 0) is 6.42 Å². The molecule has 58 valence electrons. The van der Waals surface area contributed by atoms with Crippen LogP contribution in [0.3, 0.4) is 0 Å². The number of ether oxygens (including phenoxy) is 1. The first-order valence-electron chi connectivity index (χ1n) is 3.51. The number of unbranched alkanes of at least 4 members (excludes halogenated alkanes) is 1. The van der Waals surface area contributed by atoms with Gasteiger partial charge in [-0.2, -0.15) is 0 Å². The minimum absolute atomic E-state index is 0.222. The summed E-state index contributed by atoms with van der Waals surface area (Å²) in [6.45, 7) is 6.12. The molecule has 0 aromatic carbocycles. The minimum Gasteiger partial charge on any atom is -0.463 e. The third-order valence-electron chi connectivity index (χ3n) is 1.08. The van der Waals surface area contributed by atoms with Gasteiger partial charge in [0.2, 0.25) is 0 Å². The van der Waals surface area contributed by atoms with E-state index in [9.17, 15) is 4.79 Å². The first-order chi connectivity index (χ1) is 4.68.